The molecular formula is C18H13ClN2O4S2. The van der Waals surface area contributed by atoms with Crippen molar-refractivity contribution >= 4 is 56.4 Å². The van der Waals surface area contributed by atoms with Crippen molar-refractivity contribution in [2.45, 2.75) is 5.75 Å². The maximum absolute atomic E-state index is 12.2. The number of nitrogens with zero attached hydrogens (tertiary/aromatic N) is 2. The minimum atomic E-state index is -0.497. The van der Waals surface area contributed by atoms with Gasteiger partial charge in [-0.15, -0.1) is 0 Å². The molecule has 0 N–H and O–H groups in total. The summed E-state index contributed by atoms with van der Waals surface area (Å²) in [7, 11) is 1.46. The van der Waals surface area contributed by atoms with Gasteiger partial charge in [-0.3, -0.25) is 14.9 Å². The Morgan fingerprint density at radius 3 is 2.70 bits per heavy atom. The highest BCUT2D eigenvalue weighted by Crippen LogP contribution is 2.34. The minimum absolute atomic E-state index is 0.0814. The Bertz CT molecular complexity index is 958. The highest BCUT2D eigenvalue weighted by Gasteiger charge is 2.23. The second-order valence-corrected chi connectivity index (χ2v) is 8.02. The van der Waals surface area contributed by atoms with Gasteiger partial charge in [-0.05, 0) is 41.6 Å². The first kappa shape index (κ1) is 19.5. The molecular weight excluding hydrogens is 408 g/mol. The van der Waals surface area contributed by atoms with Crippen LogP contribution >= 0.6 is 35.1 Å². The molecule has 2 aromatic rings. The summed E-state index contributed by atoms with van der Waals surface area (Å²) in [6.45, 7) is 0. The summed E-state index contributed by atoms with van der Waals surface area (Å²) >= 11 is 8.36. The van der Waals surface area contributed by atoms with Crippen LogP contribution in [-0.4, -0.2) is 21.5 Å². The van der Waals surface area contributed by atoms with Gasteiger partial charge >= 0.3 is 0 Å². The lowest BCUT2D eigenvalue weighted by Gasteiger charge is -2.04. The molecule has 138 valence electrons. The Morgan fingerprint density at radius 2 is 2.04 bits per heavy atom. The molecule has 0 aliphatic carbocycles. The average molecular weight is 421 g/mol. The highest BCUT2D eigenvalue weighted by molar-refractivity contribution is 8.45. The molecule has 3 rings (SSSR count). The van der Waals surface area contributed by atoms with Gasteiger partial charge < -0.3 is 4.74 Å². The third-order valence-electron chi connectivity index (χ3n) is 3.59. The van der Waals surface area contributed by atoms with Crippen LogP contribution in [0.4, 0.5) is 5.69 Å². The number of non-ortho nitro benzene ring substituents is 1. The maximum Gasteiger partial charge on any atom is 0.270 e. The summed E-state index contributed by atoms with van der Waals surface area (Å²) in [4.78, 5) is 27.1. The Morgan fingerprint density at radius 1 is 1.30 bits per heavy atom. The first-order valence-electron chi connectivity index (χ1n) is 7.68. The fraction of sp³-hybridized carbons (Fsp3) is 0.111. The Kier molecular flexibility index (Phi) is 6.20. The van der Waals surface area contributed by atoms with Crippen molar-refractivity contribution in [1.29, 1.82) is 0 Å². The van der Waals surface area contributed by atoms with Crippen molar-refractivity contribution < 1.29 is 14.5 Å². The molecule has 1 heterocycles. The molecule has 2 aromatic carbocycles. The first-order chi connectivity index (χ1) is 13.0. The lowest BCUT2D eigenvalue weighted by molar-refractivity contribution is -0.384. The molecule has 0 aromatic heterocycles. The number of methoxy groups -OCH3 is 1. The van der Waals surface area contributed by atoms with Crippen molar-refractivity contribution in [1.82, 2.24) is 0 Å². The van der Waals surface area contributed by atoms with Crippen LogP contribution in [0.1, 0.15) is 11.1 Å². The number of halogens is 1. The van der Waals surface area contributed by atoms with Crippen molar-refractivity contribution in [3.05, 3.63) is 74.4 Å². The van der Waals surface area contributed by atoms with E-state index >= 15 is 0 Å². The smallest absolute Gasteiger partial charge is 0.270 e. The predicted octanol–water partition coefficient (Wildman–Crippen LogP) is 5.16. The SMILES string of the molecule is COc1ccc([N+](=O)[O-])cc1/C=C1\N=C(SCc2ccc(Cl)cc2)SC1=O. The van der Waals surface area contributed by atoms with E-state index in [1.54, 1.807) is 0 Å². The van der Waals surface area contributed by atoms with Crippen LogP contribution in [0, 0.1) is 10.1 Å². The van der Waals surface area contributed by atoms with E-state index in [1.807, 2.05) is 24.3 Å². The number of hydrogen-bond acceptors (Lipinski definition) is 7. The summed E-state index contributed by atoms with van der Waals surface area (Å²) in [6, 6.07) is 11.7. The normalized spacial score (nSPS) is 15.1. The molecule has 0 bridgehead atoms. The molecule has 0 saturated carbocycles. The standard InChI is InChI=1S/C18H13ClN2O4S2/c1-25-16-7-6-14(21(23)24)8-12(16)9-15-17(22)27-18(20-15)26-10-11-2-4-13(19)5-3-11/h2-9H,10H2,1H3/b15-9-. The van der Waals surface area contributed by atoms with Crippen molar-refractivity contribution in [2.75, 3.05) is 7.11 Å². The van der Waals surface area contributed by atoms with Gasteiger partial charge in [0, 0.05) is 28.5 Å². The van der Waals surface area contributed by atoms with E-state index in [0.29, 0.717) is 26.5 Å². The van der Waals surface area contributed by atoms with Crippen LogP contribution < -0.4 is 4.74 Å². The van der Waals surface area contributed by atoms with E-state index in [2.05, 4.69) is 4.99 Å². The maximum atomic E-state index is 12.2. The Balaban J connectivity index is 1.80. The van der Waals surface area contributed by atoms with E-state index in [1.165, 1.54) is 43.1 Å². The molecule has 6 nitrogen and oxygen atoms in total. The van der Waals surface area contributed by atoms with Crippen molar-refractivity contribution in [3.63, 3.8) is 0 Å². The molecule has 0 spiro atoms. The summed E-state index contributed by atoms with van der Waals surface area (Å²) < 4.78 is 5.85. The van der Waals surface area contributed by atoms with Crippen LogP contribution in [0.2, 0.25) is 5.02 Å². The number of ether oxygens (including phenoxy) is 1. The summed E-state index contributed by atoms with van der Waals surface area (Å²) in [5, 5.41) is 11.4. The molecule has 0 unspecified atom stereocenters. The topological polar surface area (TPSA) is 81.8 Å². The molecule has 0 saturated heterocycles. The van der Waals surface area contributed by atoms with Gasteiger partial charge in [0.05, 0.1) is 12.0 Å². The molecule has 27 heavy (non-hydrogen) atoms. The number of aliphatic imine (C=N–C) groups is 1. The highest BCUT2D eigenvalue weighted by atomic mass is 35.5. The van der Waals surface area contributed by atoms with E-state index in [9.17, 15) is 14.9 Å². The van der Waals surface area contributed by atoms with Gasteiger partial charge in [0.1, 0.15) is 15.8 Å². The Hall–Kier alpha value is -2.29. The number of hydrogen-bond donors (Lipinski definition) is 0. The van der Waals surface area contributed by atoms with Crippen molar-refractivity contribution in [2.24, 2.45) is 4.99 Å². The molecule has 1 aliphatic heterocycles. The fourth-order valence-electron chi connectivity index (χ4n) is 2.27. The van der Waals surface area contributed by atoms with Gasteiger partial charge in [-0.25, -0.2) is 4.99 Å². The third kappa shape index (κ3) is 4.91. The molecule has 9 heteroatoms. The third-order valence-corrected chi connectivity index (χ3v) is 5.92. The molecule has 0 radical (unpaired) electrons. The quantitative estimate of drug-likeness (QED) is 0.377. The van der Waals surface area contributed by atoms with Gasteiger partial charge in [-0.2, -0.15) is 0 Å². The molecule has 1 aliphatic rings. The summed E-state index contributed by atoms with van der Waals surface area (Å²) in [5.74, 6) is 1.09. The van der Waals surface area contributed by atoms with Gasteiger partial charge in [0.25, 0.3) is 5.69 Å². The minimum Gasteiger partial charge on any atom is -0.496 e. The number of nitro groups is 1. The lowest BCUT2D eigenvalue weighted by Crippen LogP contribution is -1.94. The second kappa shape index (κ2) is 8.60. The zero-order valence-corrected chi connectivity index (χ0v) is 16.4. The zero-order chi connectivity index (χ0) is 19.4. The number of nitro benzene ring substituents is 1. The van der Waals surface area contributed by atoms with E-state index in [0.717, 1.165) is 17.3 Å². The number of rotatable bonds is 5. The second-order valence-electron chi connectivity index (χ2n) is 5.40. The van der Waals surface area contributed by atoms with E-state index in [-0.39, 0.29) is 16.5 Å². The Labute approximate surface area is 168 Å². The summed E-state index contributed by atoms with van der Waals surface area (Å²) in [6.07, 6.45) is 1.51. The monoisotopic (exact) mass is 420 g/mol. The largest absolute Gasteiger partial charge is 0.496 e. The van der Waals surface area contributed by atoms with Crippen LogP contribution in [0.5, 0.6) is 5.75 Å². The van der Waals surface area contributed by atoms with Crippen LogP contribution in [0.25, 0.3) is 6.08 Å². The molecule has 0 fully saturated rings. The molecule has 0 atom stereocenters. The predicted molar refractivity (Wildman–Crippen MR) is 110 cm³/mol. The van der Waals surface area contributed by atoms with Crippen molar-refractivity contribution in [3.8, 4) is 5.75 Å². The van der Waals surface area contributed by atoms with Crippen LogP contribution in [0.15, 0.2) is 53.2 Å². The van der Waals surface area contributed by atoms with Gasteiger partial charge in [-0.1, -0.05) is 35.5 Å². The number of thioether (sulfide) groups is 2. The van der Waals surface area contributed by atoms with E-state index < -0.39 is 4.92 Å². The summed E-state index contributed by atoms with van der Waals surface area (Å²) in [5.41, 5.74) is 1.65. The van der Waals surface area contributed by atoms with E-state index in [4.69, 9.17) is 16.3 Å². The van der Waals surface area contributed by atoms with Gasteiger partial charge in [0.15, 0.2) is 0 Å². The van der Waals surface area contributed by atoms with Crippen LogP contribution in [0.3, 0.4) is 0 Å². The first-order valence-corrected chi connectivity index (χ1v) is 9.86. The number of benzene rings is 2. The van der Waals surface area contributed by atoms with Gasteiger partial charge in [0.2, 0.25) is 5.12 Å². The van der Waals surface area contributed by atoms with Crippen LogP contribution in [-0.2, 0) is 10.5 Å². The number of carbonyl (C=O) groups excluding carboxylic acids is 1. The average Bonchev–Trinajstić information content (AvgIpc) is 3.00. The zero-order valence-electron chi connectivity index (χ0n) is 14.0. The molecule has 0 amide bonds. The fourth-order valence-corrected chi connectivity index (χ4v) is 4.20. The lowest BCUT2D eigenvalue weighted by atomic mass is 10.1. The number of carbonyl (C=O) groups is 1.